The summed E-state index contributed by atoms with van der Waals surface area (Å²) >= 11 is 1.69. The van der Waals surface area contributed by atoms with E-state index < -0.39 is 5.97 Å². The highest BCUT2D eigenvalue weighted by Crippen LogP contribution is 2.44. The van der Waals surface area contributed by atoms with Gasteiger partial charge in [0, 0.05) is 17.1 Å². The van der Waals surface area contributed by atoms with Gasteiger partial charge in [-0.2, -0.15) is 0 Å². The number of aliphatic hydroxyl groups is 1. The van der Waals surface area contributed by atoms with Crippen LogP contribution in [-0.4, -0.2) is 23.9 Å². The molecule has 0 aromatic heterocycles. The molecule has 0 saturated heterocycles. The van der Waals surface area contributed by atoms with Gasteiger partial charge in [-0.3, -0.25) is 4.79 Å². The van der Waals surface area contributed by atoms with E-state index in [1.165, 1.54) is 17.0 Å². The van der Waals surface area contributed by atoms with E-state index in [1.807, 2.05) is 46.9 Å². The van der Waals surface area contributed by atoms with Gasteiger partial charge in [0.25, 0.3) is 0 Å². The lowest BCUT2D eigenvalue weighted by molar-refractivity contribution is -0.133. The Morgan fingerprint density at radius 1 is 1.03 bits per heavy atom. The summed E-state index contributed by atoms with van der Waals surface area (Å²) in [5, 5.41) is 9.62. The summed E-state index contributed by atoms with van der Waals surface area (Å²) in [5.74, 6) is -0.215. The summed E-state index contributed by atoms with van der Waals surface area (Å²) in [5.41, 5.74) is 7.95. The van der Waals surface area contributed by atoms with Crippen molar-refractivity contribution in [1.82, 2.24) is 0 Å². The molecule has 4 rings (SSSR count). The third-order valence-electron chi connectivity index (χ3n) is 7.28. The minimum atomic E-state index is -0.397. The fourth-order valence-corrected chi connectivity index (χ4v) is 5.84. The molecule has 3 aromatic rings. The molecule has 0 bridgehead atoms. The van der Waals surface area contributed by atoms with Gasteiger partial charge in [0.1, 0.15) is 11.6 Å². The third kappa shape index (κ3) is 5.79. The number of ether oxygens (including phenoxy) is 1. The van der Waals surface area contributed by atoms with E-state index in [1.54, 1.807) is 17.8 Å². The van der Waals surface area contributed by atoms with Crippen molar-refractivity contribution in [2.45, 2.75) is 57.8 Å². The number of esters is 1. The van der Waals surface area contributed by atoms with Crippen LogP contribution in [0.4, 0.5) is 4.39 Å². The van der Waals surface area contributed by atoms with Gasteiger partial charge in [-0.15, -0.1) is 11.8 Å². The Bertz CT molecular complexity index is 1430. The highest BCUT2D eigenvalue weighted by Gasteiger charge is 2.30. The molecule has 1 aliphatic carbocycles. The van der Waals surface area contributed by atoms with E-state index in [2.05, 4.69) is 36.4 Å². The van der Waals surface area contributed by atoms with Crippen LogP contribution in [0.1, 0.15) is 67.0 Å². The van der Waals surface area contributed by atoms with Crippen molar-refractivity contribution in [3.05, 3.63) is 99.4 Å². The first-order valence-corrected chi connectivity index (χ1v) is 14.1. The van der Waals surface area contributed by atoms with Crippen LogP contribution in [0.3, 0.4) is 0 Å². The molecule has 1 aliphatic rings. The van der Waals surface area contributed by atoms with Crippen LogP contribution < -0.4 is 4.74 Å². The standard InChI is InChI=1S/C33H35FO3S/c1-20-15-21(2)32(33(4,5)13-14-35)30(16-20)37-31(36)19-28-22(3)27(26-12-9-24(34)18-29(26)28)17-23-7-10-25(38-6)11-8-23/h7-12,15-18,35H,13-14,19H2,1-6H3/b27-17-. The first-order chi connectivity index (χ1) is 18.0. The maximum absolute atomic E-state index is 14.3. The van der Waals surface area contributed by atoms with Crippen LogP contribution in [-0.2, 0) is 10.2 Å². The predicted octanol–water partition coefficient (Wildman–Crippen LogP) is 8.15. The molecule has 198 valence electrons. The van der Waals surface area contributed by atoms with Crippen molar-refractivity contribution >= 4 is 35.0 Å². The number of hydrogen-bond acceptors (Lipinski definition) is 4. The second-order valence-electron chi connectivity index (χ2n) is 10.6. The van der Waals surface area contributed by atoms with Crippen molar-refractivity contribution < 1.29 is 19.0 Å². The number of rotatable bonds is 8. The molecule has 0 saturated carbocycles. The number of aliphatic hydroxyl groups excluding tert-OH is 1. The molecule has 0 aliphatic heterocycles. The summed E-state index contributed by atoms with van der Waals surface area (Å²) in [7, 11) is 0. The molecule has 0 heterocycles. The molecule has 1 N–H and O–H groups in total. The summed E-state index contributed by atoms with van der Waals surface area (Å²) in [4.78, 5) is 14.6. The predicted molar refractivity (Wildman–Crippen MR) is 156 cm³/mol. The zero-order valence-corrected chi connectivity index (χ0v) is 23.8. The van der Waals surface area contributed by atoms with Gasteiger partial charge in [-0.25, -0.2) is 4.39 Å². The van der Waals surface area contributed by atoms with Crippen LogP contribution >= 0.6 is 11.8 Å². The average Bonchev–Trinajstić information content (AvgIpc) is 3.08. The van der Waals surface area contributed by atoms with Crippen molar-refractivity contribution in [3.63, 3.8) is 0 Å². The van der Waals surface area contributed by atoms with E-state index in [4.69, 9.17) is 4.74 Å². The van der Waals surface area contributed by atoms with Gasteiger partial charge in [-0.05, 0) is 120 Å². The van der Waals surface area contributed by atoms with E-state index in [9.17, 15) is 14.3 Å². The highest BCUT2D eigenvalue weighted by molar-refractivity contribution is 7.98. The van der Waals surface area contributed by atoms with Crippen LogP contribution in [0.25, 0.3) is 17.2 Å². The fourth-order valence-electron chi connectivity index (χ4n) is 5.43. The monoisotopic (exact) mass is 530 g/mol. The Morgan fingerprint density at radius 3 is 2.39 bits per heavy atom. The van der Waals surface area contributed by atoms with Crippen LogP contribution in [0.2, 0.25) is 0 Å². The average molecular weight is 531 g/mol. The molecule has 0 fully saturated rings. The number of hydrogen-bond donors (Lipinski definition) is 1. The number of carbonyl (C=O) groups excluding carboxylic acids is 1. The summed E-state index contributed by atoms with van der Waals surface area (Å²) in [6, 6.07) is 17.0. The molecular formula is C33H35FO3S. The van der Waals surface area contributed by atoms with Crippen molar-refractivity contribution in [1.29, 1.82) is 0 Å². The lowest BCUT2D eigenvalue weighted by atomic mass is 9.78. The Hall–Kier alpha value is -3.15. The van der Waals surface area contributed by atoms with Gasteiger partial charge in [0.2, 0.25) is 0 Å². The summed E-state index contributed by atoms with van der Waals surface area (Å²) in [6.07, 6.45) is 4.71. The lowest BCUT2D eigenvalue weighted by Gasteiger charge is -2.29. The van der Waals surface area contributed by atoms with Gasteiger partial charge in [0.15, 0.2) is 0 Å². The highest BCUT2D eigenvalue weighted by atomic mass is 32.2. The largest absolute Gasteiger partial charge is 0.426 e. The Labute approximate surface area is 229 Å². The molecule has 5 heteroatoms. The van der Waals surface area contributed by atoms with Crippen molar-refractivity contribution in [2.24, 2.45) is 0 Å². The number of allylic oxidation sites excluding steroid dienone is 2. The molecule has 0 amide bonds. The minimum Gasteiger partial charge on any atom is -0.426 e. The third-order valence-corrected chi connectivity index (χ3v) is 8.03. The Kier molecular flexibility index (Phi) is 8.29. The second kappa shape index (κ2) is 11.3. The smallest absolute Gasteiger partial charge is 0.315 e. The van der Waals surface area contributed by atoms with E-state index >= 15 is 0 Å². The zero-order chi connectivity index (χ0) is 27.6. The van der Waals surface area contributed by atoms with Gasteiger partial charge in [0.05, 0.1) is 6.42 Å². The Morgan fingerprint density at radius 2 is 1.74 bits per heavy atom. The first-order valence-electron chi connectivity index (χ1n) is 12.8. The molecular weight excluding hydrogens is 495 g/mol. The van der Waals surface area contributed by atoms with E-state index in [0.29, 0.717) is 12.2 Å². The number of fused-ring (bicyclic) bond motifs is 1. The Balaban J connectivity index is 1.70. The van der Waals surface area contributed by atoms with E-state index in [-0.39, 0.29) is 24.3 Å². The van der Waals surface area contributed by atoms with E-state index in [0.717, 1.165) is 50.1 Å². The lowest BCUT2D eigenvalue weighted by Crippen LogP contribution is -2.23. The first kappa shape index (κ1) is 27.9. The number of thioether (sulfide) groups is 1. The van der Waals surface area contributed by atoms with Crippen LogP contribution in [0, 0.1) is 19.7 Å². The molecule has 0 unspecified atom stereocenters. The van der Waals surface area contributed by atoms with Crippen LogP contribution in [0.5, 0.6) is 5.75 Å². The number of carbonyl (C=O) groups is 1. The topological polar surface area (TPSA) is 46.5 Å². The minimum absolute atomic E-state index is 0.0257. The maximum atomic E-state index is 14.3. The number of aryl methyl sites for hydroxylation is 2. The zero-order valence-electron chi connectivity index (χ0n) is 22.9. The van der Waals surface area contributed by atoms with Crippen molar-refractivity contribution in [3.8, 4) is 5.75 Å². The molecule has 0 atom stereocenters. The molecule has 0 spiro atoms. The number of benzene rings is 3. The summed E-state index contributed by atoms with van der Waals surface area (Å²) in [6.45, 7) is 10.1. The van der Waals surface area contributed by atoms with Gasteiger partial charge < -0.3 is 9.84 Å². The molecule has 38 heavy (non-hydrogen) atoms. The fraction of sp³-hybridized carbons (Fsp3) is 0.303. The van der Waals surface area contributed by atoms with Crippen LogP contribution in [0.15, 0.2) is 65.1 Å². The maximum Gasteiger partial charge on any atom is 0.315 e. The van der Waals surface area contributed by atoms with Gasteiger partial charge in [-0.1, -0.05) is 38.1 Å². The normalized spacial score (nSPS) is 14.3. The number of halogens is 1. The quantitative estimate of drug-likeness (QED) is 0.181. The van der Waals surface area contributed by atoms with Gasteiger partial charge >= 0.3 is 5.97 Å². The summed E-state index contributed by atoms with van der Waals surface area (Å²) < 4.78 is 20.4. The second-order valence-corrected chi connectivity index (χ2v) is 11.5. The molecule has 3 nitrogen and oxygen atoms in total. The molecule has 3 aromatic carbocycles. The SMILES string of the molecule is CSc1ccc(/C=C2/C(C)=C(CC(=O)Oc3cc(C)cc(C)c3C(C)(C)CCO)c3cc(F)ccc32)cc1. The molecule has 0 radical (unpaired) electrons. The van der Waals surface area contributed by atoms with Crippen molar-refractivity contribution in [2.75, 3.05) is 12.9 Å².